The van der Waals surface area contributed by atoms with Gasteiger partial charge >= 0.3 is 0 Å². The van der Waals surface area contributed by atoms with Gasteiger partial charge in [0.15, 0.2) is 11.5 Å². The Labute approximate surface area is 276 Å². The van der Waals surface area contributed by atoms with Crippen molar-refractivity contribution in [3.8, 4) is 11.5 Å². The predicted octanol–water partition coefficient (Wildman–Crippen LogP) is 6.84. The van der Waals surface area contributed by atoms with Crippen LogP contribution < -0.4 is 29.7 Å². The summed E-state index contributed by atoms with van der Waals surface area (Å²) < 4.78 is 40.8. The van der Waals surface area contributed by atoms with E-state index in [0.29, 0.717) is 39.0 Å². The average Bonchev–Trinajstić information content (AvgIpc) is 3.53. The van der Waals surface area contributed by atoms with Gasteiger partial charge < -0.3 is 25.0 Å². The number of carbonyl (C=O) groups excluding carboxylic acids is 2. The minimum Gasteiger partial charge on any atom is -0.454 e. The minimum atomic E-state index is -4.09. The van der Waals surface area contributed by atoms with Gasteiger partial charge in [-0.1, -0.05) is 35.9 Å². The first-order chi connectivity index (χ1) is 22.3. The van der Waals surface area contributed by atoms with E-state index in [4.69, 9.17) is 21.1 Å². The number of nitrogens with one attached hydrogen (secondary N) is 3. The van der Waals surface area contributed by atoms with Crippen LogP contribution >= 0.6 is 23.4 Å². The minimum absolute atomic E-state index is 0.0370. The quantitative estimate of drug-likeness (QED) is 0.156. The third kappa shape index (κ3) is 7.35. The highest BCUT2D eigenvalue weighted by Gasteiger charge is 2.25. The molecule has 238 valence electrons. The number of nitrogens with zero attached hydrogens (tertiary/aromatic N) is 1. The van der Waals surface area contributed by atoms with Crippen LogP contribution in [-0.4, -0.2) is 45.9 Å². The summed E-state index contributed by atoms with van der Waals surface area (Å²) in [4.78, 5) is 28.9. The molecule has 3 N–H and O–H groups in total. The number of fused-ring (bicyclic) bond motifs is 1. The Morgan fingerprint density at radius 2 is 1.54 bits per heavy atom. The molecular formula is C33H31ClN4O6S2. The number of halogens is 1. The van der Waals surface area contributed by atoms with Crippen LogP contribution in [0, 0.1) is 0 Å². The maximum atomic E-state index is 13.8. The fourth-order valence-electron chi connectivity index (χ4n) is 5.24. The van der Waals surface area contributed by atoms with Crippen molar-refractivity contribution >= 4 is 68.0 Å². The summed E-state index contributed by atoms with van der Waals surface area (Å²) >= 11 is 7.48. The first-order valence-electron chi connectivity index (χ1n) is 14.7. The maximum absolute atomic E-state index is 13.8. The number of para-hydroxylation sites is 1. The summed E-state index contributed by atoms with van der Waals surface area (Å²) in [7, 11) is -4.09. The molecule has 2 aliphatic heterocycles. The summed E-state index contributed by atoms with van der Waals surface area (Å²) in [6.45, 7) is 1.60. The van der Waals surface area contributed by atoms with Crippen LogP contribution in [0.1, 0.15) is 29.6 Å². The molecule has 2 aliphatic rings. The van der Waals surface area contributed by atoms with Crippen molar-refractivity contribution < 1.29 is 27.5 Å². The zero-order chi connectivity index (χ0) is 32.1. The number of benzene rings is 4. The van der Waals surface area contributed by atoms with Crippen LogP contribution in [-0.2, 0) is 14.8 Å². The van der Waals surface area contributed by atoms with Crippen LogP contribution in [0.5, 0.6) is 11.5 Å². The fraction of sp³-hybridized carbons (Fsp3) is 0.212. The third-order valence-corrected chi connectivity index (χ3v) is 10.3. The molecule has 46 heavy (non-hydrogen) atoms. The average molecular weight is 679 g/mol. The molecule has 0 aromatic heterocycles. The molecule has 10 nitrogen and oxygen atoms in total. The van der Waals surface area contributed by atoms with Gasteiger partial charge in [-0.3, -0.25) is 14.3 Å². The Hall–Kier alpha value is -4.39. The zero-order valence-electron chi connectivity index (χ0n) is 24.6. The maximum Gasteiger partial charge on any atom is 0.264 e. The van der Waals surface area contributed by atoms with Gasteiger partial charge in [-0.25, -0.2) is 8.42 Å². The number of ether oxygens (including phenoxy) is 2. The monoisotopic (exact) mass is 678 g/mol. The molecular weight excluding hydrogens is 648 g/mol. The lowest BCUT2D eigenvalue weighted by Gasteiger charge is -2.30. The molecule has 1 saturated heterocycles. The topological polar surface area (TPSA) is 126 Å². The molecule has 0 bridgehead atoms. The van der Waals surface area contributed by atoms with Crippen molar-refractivity contribution in [3.05, 3.63) is 95.5 Å². The summed E-state index contributed by atoms with van der Waals surface area (Å²) in [5.41, 5.74) is 2.05. The van der Waals surface area contributed by atoms with Gasteiger partial charge in [0.2, 0.25) is 12.7 Å². The van der Waals surface area contributed by atoms with E-state index < -0.39 is 15.9 Å². The number of thioether (sulfide) groups is 1. The lowest BCUT2D eigenvalue weighted by molar-refractivity contribution is -0.113. The SMILES string of the molecule is O=C(CSc1ccccc1C(=O)Nc1ccc(N2CCCCC2)c(S(=O)(=O)Nc2ccccc2Cl)c1)Nc1ccc2c(c1)OCO2. The Morgan fingerprint density at radius 1 is 0.826 bits per heavy atom. The van der Waals surface area contributed by atoms with Gasteiger partial charge in [0, 0.05) is 35.4 Å². The largest absolute Gasteiger partial charge is 0.454 e. The van der Waals surface area contributed by atoms with E-state index in [0.717, 1.165) is 32.4 Å². The summed E-state index contributed by atoms with van der Waals surface area (Å²) in [6, 6.07) is 23.6. The van der Waals surface area contributed by atoms with Crippen molar-refractivity contribution in [2.24, 2.45) is 0 Å². The summed E-state index contributed by atoms with van der Waals surface area (Å²) in [6.07, 6.45) is 3.00. The molecule has 2 amide bonds. The number of carbonyl (C=O) groups is 2. The second-order valence-electron chi connectivity index (χ2n) is 10.7. The van der Waals surface area contributed by atoms with Crippen LogP contribution in [0.3, 0.4) is 0 Å². The molecule has 2 heterocycles. The molecule has 4 aromatic carbocycles. The van der Waals surface area contributed by atoms with Gasteiger partial charge in [0.1, 0.15) is 4.90 Å². The Bertz CT molecular complexity index is 1880. The number of rotatable bonds is 10. The molecule has 0 saturated carbocycles. The highest BCUT2D eigenvalue weighted by Crippen LogP contribution is 2.35. The van der Waals surface area contributed by atoms with Gasteiger partial charge in [-0.2, -0.15) is 0 Å². The Kier molecular flexibility index (Phi) is 9.57. The van der Waals surface area contributed by atoms with Crippen LogP contribution in [0.25, 0.3) is 0 Å². The molecule has 1 fully saturated rings. The summed E-state index contributed by atoms with van der Waals surface area (Å²) in [5, 5.41) is 5.96. The van der Waals surface area contributed by atoms with E-state index in [1.807, 2.05) is 0 Å². The van der Waals surface area contributed by atoms with E-state index in [-0.39, 0.29) is 34.1 Å². The molecule has 6 rings (SSSR count). The first-order valence-corrected chi connectivity index (χ1v) is 17.5. The third-order valence-electron chi connectivity index (χ3n) is 7.47. The first kappa shape index (κ1) is 31.6. The van der Waals surface area contributed by atoms with E-state index in [2.05, 4.69) is 20.3 Å². The van der Waals surface area contributed by atoms with Crippen molar-refractivity contribution in [2.45, 2.75) is 29.1 Å². The number of anilines is 4. The van der Waals surface area contributed by atoms with E-state index >= 15 is 0 Å². The molecule has 0 aliphatic carbocycles. The smallest absolute Gasteiger partial charge is 0.264 e. The molecule has 0 atom stereocenters. The highest BCUT2D eigenvalue weighted by molar-refractivity contribution is 8.00. The van der Waals surface area contributed by atoms with Crippen LogP contribution in [0.4, 0.5) is 22.7 Å². The molecule has 4 aromatic rings. The lowest BCUT2D eigenvalue weighted by atomic mass is 10.1. The van der Waals surface area contributed by atoms with Crippen LogP contribution in [0.2, 0.25) is 5.02 Å². The number of hydrogen-bond donors (Lipinski definition) is 3. The molecule has 13 heteroatoms. The van der Waals surface area contributed by atoms with Crippen molar-refractivity contribution in [1.29, 1.82) is 0 Å². The lowest BCUT2D eigenvalue weighted by Crippen LogP contribution is -2.31. The van der Waals surface area contributed by atoms with E-state index in [1.165, 1.54) is 17.8 Å². The highest BCUT2D eigenvalue weighted by atomic mass is 35.5. The normalized spacial score (nSPS) is 14.1. The van der Waals surface area contributed by atoms with E-state index in [9.17, 15) is 18.0 Å². The number of piperidine rings is 1. The molecule has 0 unspecified atom stereocenters. The van der Waals surface area contributed by atoms with E-state index in [1.54, 1.807) is 78.9 Å². The van der Waals surface area contributed by atoms with Crippen molar-refractivity contribution in [2.75, 3.05) is 45.9 Å². The van der Waals surface area contributed by atoms with Gasteiger partial charge in [0.05, 0.1) is 27.7 Å². The molecule has 0 radical (unpaired) electrons. The number of amides is 2. The van der Waals surface area contributed by atoms with Gasteiger partial charge in [-0.15, -0.1) is 11.8 Å². The second kappa shape index (κ2) is 13.9. The fourth-order valence-corrected chi connectivity index (χ4v) is 7.66. The number of sulfonamides is 1. The number of hydrogen-bond acceptors (Lipinski definition) is 8. The Balaban J connectivity index is 1.19. The van der Waals surface area contributed by atoms with Gasteiger partial charge in [0.25, 0.3) is 15.9 Å². The Morgan fingerprint density at radius 3 is 2.37 bits per heavy atom. The van der Waals surface area contributed by atoms with Crippen molar-refractivity contribution in [3.63, 3.8) is 0 Å². The summed E-state index contributed by atoms with van der Waals surface area (Å²) in [5.74, 6) is 0.544. The van der Waals surface area contributed by atoms with Gasteiger partial charge in [-0.05, 0) is 73.9 Å². The van der Waals surface area contributed by atoms with Crippen molar-refractivity contribution in [1.82, 2.24) is 0 Å². The zero-order valence-corrected chi connectivity index (χ0v) is 27.0. The predicted molar refractivity (Wildman–Crippen MR) is 181 cm³/mol. The second-order valence-corrected chi connectivity index (χ2v) is 13.7. The molecule has 0 spiro atoms. The standard InChI is InChI=1S/C33H31ClN4O6S2/c34-25-9-3-4-10-26(25)37-46(41,42)31-19-23(12-14-27(31)38-16-6-1-7-17-38)36-33(40)24-8-2-5-11-30(24)45-20-32(39)35-22-13-15-28-29(18-22)44-21-43-28/h2-5,8-15,18-19,37H,1,6-7,16-17,20-21H2,(H,35,39)(H,36,40). The van der Waals surface area contributed by atoms with Crippen LogP contribution in [0.15, 0.2) is 94.7 Å².